The van der Waals surface area contributed by atoms with Gasteiger partial charge >= 0.3 is 6.09 Å². The number of alkyl carbamates (subject to hydrolysis) is 1. The maximum atomic E-state index is 11.2. The van der Waals surface area contributed by atoms with Gasteiger partial charge in [0.15, 0.2) is 5.78 Å². The van der Waals surface area contributed by atoms with Crippen LogP contribution >= 0.6 is 11.3 Å². The van der Waals surface area contributed by atoms with Gasteiger partial charge in [0.25, 0.3) is 0 Å². The molecule has 1 N–H and O–H groups in total. The van der Waals surface area contributed by atoms with Crippen LogP contribution in [-0.2, 0) is 9.53 Å². The molecule has 0 unspecified atom stereocenters. The Bertz CT molecular complexity index is 321. The molecule has 0 spiro atoms. The van der Waals surface area contributed by atoms with Crippen molar-refractivity contribution in [2.24, 2.45) is 0 Å². The van der Waals surface area contributed by atoms with E-state index in [1.165, 1.54) is 25.4 Å². The van der Waals surface area contributed by atoms with Gasteiger partial charge in [0.05, 0.1) is 7.11 Å². The minimum atomic E-state index is -0.603. The molecule has 1 aromatic heterocycles. The second kappa shape index (κ2) is 4.76. The molecule has 76 valence electrons. The Balaban J connectivity index is 2.76. The van der Waals surface area contributed by atoms with Crippen LogP contribution in [0.2, 0.25) is 0 Å². The van der Waals surface area contributed by atoms with Gasteiger partial charge in [-0.2, -0.15) is 11.3 Å². The highest BCUT2D eigenvalue weighted by atomic mass is 32.1. The highest BCUT2D eigenvalue weighted by Gasteiger charge is 2.19. The summed E-state index contributed by atoms with van der Waals surface area (Å²) < 4.78 is 4.43. The van der Waals surface area contributed by atoms with Gasteiger partial charge in [0, 0.05) is 0 Å². The van der Waals surface area contributed by atoms with Crippen LogP contribution in [0, 0.1) is 0 Å². The zero-order chi connectivity index (χ0) is 10.6. The molecule has 0 saturated heterocycles. The second-order valence-electron chi connectivity index (χ2n) is 2.74. The maximum absolute atomic E-state index is 11.2. The molecule has 0 saturated carbocycles. The summed E-state index contributed by atoms with van der Waals surface area (Å²) in [5.74, 6) is -0.117. The second-order valence-corrected chi connectivity index (χ2v) is 3.52. The molecule has 1 atom stereocenters. The van der Waals surface area contributed by atoms with Crippen LogP contribution in [0.5, 0.6) is 0 Å². The molecule has 1 aromatic rings. The average Bonchev–Trinajstić information content (AvgIpc) is 2.65. The first-order valence-corrected chi connectivity index (χ1v) is 4.96. The smallest absolute Gasteiger partial charge is 0.407 e. The third kappa shape index (κ3) is 2.56. The van der Waals surface area contributed by atoms with Crippen LogP contribution in [-0.4, -0.2) is 19.0 Å². The van der Waals surface area contributed by atoms with E-state index in [0.29, 0.717) is 0 Å². The first kappa shape index (κ1) is 10.7. The number of carbonyl (C=O) groups excluding carboxylic acids is 2. The SMILES string of the molecule is COC(=O)N[C@@H](C(C)=O)c1ccsc1. The van der Waals surface area contributed by atoms with Crippen LogP contribution in [0.4, 0.5) is 4.79 Å². The van der Waals surface area contributed by atoms with E-state index in [9.17, 15) is 9.59 Å². The molecular formula is C9H11NO3S. The molecule has 4 nitrogen and oxygen atoms in total. The molecule has 0 aliphatic rings. The predicted octanol–water partition coefficient (Wildman–Crippen LogP) is 1.73. The van der Waals surface area contributed by atoms with Crippen LogP contribution in [0.25, 0.3) is 0 Å². The molecular weight excluding hydrogens is 202 g/mol. The molecule has 1 heterocycles. The van der Waals surface area contributed by atoms with Gasteiger partial charge in [-0.3, -0.25) is 4.79 Å². The number of hydrogen-bond donors (Lipinski definition) is 1. The Hall–Kier alpha value is -1.36. The number of ketones is 1. The number of carbonyl (C=O) groups is 2. The topological polar surface area (TPSA) is 55.4 Å². The van der Waals surface area contributed by atoms with Crippen LogP contribution in [0.1, 0.15) is 18.5 Å². The zero-order valence-corrected chi connectivity index (χ0v) is 8.76. The monoisotopic (exact) mass is 213 g/mol. The van der Waals surface area contributed by atoms with Crippen molar-refractivity contribution in [2.45, 2.75) is 13.0 Å². The van der Waals surface area contributed by atoms with Gasteiger partial charge in [-0.15, -0.1) is 0 Å². The molecule has 1 amide bonds. The molecule has 0 radical (unpaired) electrons. The lowest BCUT2D eigenvalue weighted by Gasteiger charge is -2.13. The molecule has 0 fully saturated rings. The zero-order valence-electron chi connectivity index (χ0n) is 7.94. The molecule has 5 heteroatoms. The standard InChI is InChI=1S/C9H11NO3S/c1-6(11)8(10-9(12)13-2)7-3-4-14-5-7/h3-5,8H,1-2H3,(H,10,12)/t8-/m0/s1. The Morgan fingerprint density at radius 3 is 2.71 bits per heavy atom. The molecule has 0 aliphatic carbocycles. The molecule has 0 bridgehead atoms. The summed E-state index contributed by atoms with van der Waals surface area (Å²) in [6.07, 6.45) is -0.601. The lowest BCUT2D eigenvalue weighted by molar-refractivity contribution is -0.119. The third-order valence-corrected chi connectivity index (χ3v) is 2.43. The minimum absolute atomic E-state index is 0.117. The van der Waals surface area contributed by atoms with Gasteiger partial charge in [-0.05, 0) is 29.3 Å². The molecule has 1 rings (SSSR count). The van der Waals surface area contributed by atoms with Crippen molar-refractivity contribution >= 4 is 23.2 Å². The number of rotatable bonds is 3. The number of amides is 1. The largest absolute Gasteiger partial charge is 0.453 e. The summed E-state index contributed by atoms with van der Waals surface area (Å²) in [7, 11) is 1.26. The Morgan fingerprint density at radius 1 is 1.57 bits per heavy atom. The Labute approximate surface area is 85.9 Å². The summed E-state index contributed by atoms with van der Waals surface area (Å²) in [5, 5.41) is 6.14. The summed E-state index contributed by atoms with van der Waals surface area (Å²) in [4.78, 5) is 22.2. The van der Waals surface area contributed by atoms with Crippen molar-refractivity contribution < 1.29 is 14.3 Å². The summed E-state index contributed by atoms with van der Waals surface area (Å²) >= 11 is 1.48. The molecule has 14 heavy (non-hydrogen) atoms. The highest BCUT2D eigenvalue weighted by molar-refractivity contribution is 7.08. The van der Waals surface area contributed by atoms with E-state index < -0.39 is 12.1 Å². The minimum Gasteiger partial charge on any atom is -0.453 e. The van der Waals surface area contributed by atoms with Crippen LogP contribution in [0.15, 0.2) is 16.8 Å². The number of Topliss-reactive ketones (excluding diaryl/α,β-unsaturated/α-hetero) is 1. The van der Waals surface area contributed by atoms with Crippen molar-refractivity contribution in [1.29, 1.82) is 0 Å². The van der Waals surface area contributed by atoms with E-state index in [1.807, 2.05) is 10.8 Å². The van der Waals surface area contributed by atoms with Gasteiger partial charge in [-0.1, -0.05) is 0 Å². The van der Waals surface area contributed by atoms with Crippen molar-refractivity contribution in [3.05, 3.63) is 22.4 Å². The fraction of sp³-hybridized carbons (Fsp3) is 0.333. The fourth-order valence-corrected chi connectivity index (χ4v) is 1.72. The lowest BCUT2D eigenvalue weighted by Crippen LogP contribution is -2.32. The van der Waals surface area contributed by atoms with Gasteiger partial charge in [0.2, 0.25) is 0 Å². The van der Waals surface area contributed by atoms with E-state index in [0.717, 1.165) is 5.56 Å². The average molecular weight is 213 g/mol. The highest BCUT2D eigenvalue weighted by Crippen LogP contribution is 2.17. The lowest BCUT2D eigenvalue weighted by atomic mass is 10.1. The van der Waals surface area contributed by atoms with Crippen molar-refractivity contribution in [3.8, 4) is 0 Å². The first-order valence-electron chi connectivity index (χ1n) is 4.02. The third-order valence-electron chi connectivity index (χ3n) is 1.73. The first-order chi connectivity index (χ1) is 6.65. The maximum Gasteiger partial charge on any atom is 0.407 e. The van der Waals surface area contributed by atoms with E-state index >= 15 is 0 Å². The normalized spacial score (nSPS) is 11.9. The van der Waals surface area contributed by atoms with E-state index in [2.05, 4.69) is 10.1 Å². The van der Waals surface area contributed by atoms with Gasteiger partial charge in [0.1, 0.15) is 6.04 Å². The van der Waals surface area contributed by atoms with E-state index in [1.54, 1.807) is 6.07 Å². The molecule has 0 aliphatic heterocycles. The van der Waals surface area contributed by atoms with Gasteiger partial charge < -0.3 is 10.1 Å². The van der Waals surface area contributed by atoms with Crippen LogP contribution < -0.4 is 5.32 Å². The number of nitrogens with one attached hydrogen (secondary N) is 1. The predicted molar refractivity (Wildman–Crippen MR) is 53.3 cm³/mol. The number of ether oxygens (including phenoxy) is 1. The summed E-state index contributed by atoms with van der Waals surface area (Å²) in [5.41, 5.74) is 0.785. The number of hydrogen-bond acceptors (Lipinski definition) is 4. The number of thiophene rings is 1. The van der Waals surface area contributed by atoms with Gasteiger partial charge in [-0.25, -0.2) is 4.79 Å². The van der Waals surface area contributed by atoms with Crippen molar-refractivity contribution in [3.63, 3.8) is 0 Å². The fourth-order valence-electron chi connectivity index (χ4n) is 1.04. The van der Waals surface area contributed by atoms with E-state index in [-0.39, 0.29) is 5.78 Å². The Kier molecular flexibility index (Phi) is 3.64. The Morgan fingerprint density at radius 2 is 2.29 bits per heavy atom. The summed E-state index contributed by atoms with van der Waals surface area (Å²) in [6.45, 7) is 1.43. The molecule has 0 aromatic carbocycles. The van der Waals surface area contributed by atoms with Crippen molar-refractivity contribution in [2.75, 3.05) is 7.11 Å². The van der Waals surface area contributed by atoms with E-state index in [4.69, 9.17) is 0 Å². The number of methoxy groups -OCH3 is 1. The van der Waals surface area contributed by atoms with Crippen molar-refractivity contribution in [1.82, 2.24) is 5.32 Å². The quantitative estimate of drug-likeness (QED) is 0.832. The van der Waals surface area contributed by atoms with Crippen LogP contribution in [0.3, 0.4) is 0 Å². The summed E-state index contributed by atoms with van der Waals surface area (Å²) in [6, 6.07) is 1.20.